The van der Waals surface area contributed by atoms with Gasteiger partial charge in [-0.15, -0.1) is 0 Å². The van der Waals surface area contributed by atoms with E-state index < -0.39 is 0 Å². The van der Waals surface area contributed by atoms with Gasteiger partial charge in [-0.2, -0.15) is 11.8 Å². The SMILES string of the molecule is CSCC[C@H](NC(=O)c1ccc2ccccc2c1)c1nc2ccccc2[nH]1. The first kappa shape index (κ1) is 17.6. The number of imidazole rings is 1. The van der Waals surface area contributed by atoms with Crippen molar-refractivity contribution in [2.45, 2.75) is 12.5 Å². The summed E-state index contributed by atoms with van der Waals surface area (Å²) in [5.74, 6) is 1.67. The summed E-state index contributed by atoms with van der Waals surface area (Å²) in [5, 5.41) is 5.36. The molecule has 0 aliphatic rings. The number of hydrogen-bond donors (Lipinski definition) is 2. The van der Waals surface area contributed by atoms with E-state index in [-0.39, 0.29) is 11.9 Å². The van der Waals surface area contributed by atoms with Crippen LogP contribution in [0.4, 0.5) is 0 Å². The van der Waals surface area contributed by atoms with E-state index in [1.807, 2.05) is 66.7 Å². The van der Waals surface area contributed by atoms with E-state index >= 15 is 0 Å². The van der Waals surface area contributed by atoms with Crippen LogP contribution in [0, 0.1) is 0 Å². The first-order valence-electron chi connectivity index (χ1n) is 8.98. The Morgan fingerprint density at radius 3 is 2.67 bits per heavy atom. The van der Waals surface area contributed by atoms with Gasteiger partial charge in [-0.3, -0.25) is 4.79 Å². The van der Waals surface area contributed by atoms with Crippen molar-refractivity contribution >= 4 is 39.5 Å². The lowest BCUT2D eigenvalue weighted by molar-refractivity contribution is 0.0934. The molecule has 0 unspecified atom stereocenters. The molecule has 1 heterocycles. The molecule has 0 spiro atoms. The minimum absolute atomic E-state index is 0.0766. The normalized spacial score (nSPS) is 12.3. The lowest BCUT2D eigenvalue weighted by Crippen LogP contribution is -2.29. The van der Waals surface area contributed by atoms with Crippen LogP contribution in [-0.2, 0) is 0 Å². The molecule has 0 aliphatic carbocycles. The maximum absolute atomic E-state index is 12.9. The fraction of sp³-hybridized carbons (Fsp3) is 0.182. The van der Waals surface area contributed by atoms with Gasteiger partial charge in [0, 0.05) is 5.56 Å². The van der Waals surface area contributed by atoms with Crippen LogP contribution in [-0.4, -0.2) is 27.9 Å². The highest BCUT2D eigenvalue weighted by molar-refractivity contribution is 7.98. The van der Waals surface area contributed by atoms with Crippen LogP contribution in [0.1, 0.15) is 28.6 Å². The minimum atomic E-state index is -0.149. The van der Waals surface area contributed by atoms with Gasteiger partial charge in [-0.05, 0) is 53.5 Å². The number of nitrogens with one attached hydrogen (secondary N) is 2. The van der Waals surface area contributed by atoms with E-state index in [4.69, 9.17) is 0 Å². The van der Waals surface area contributed by atoms with Gasteiger partial charge in [-0.25, -0.2) is 4.98 Å². The molecule has 1 amide bonds. The fourth-order valence-electron chi connectivity index (χ4n) is 3.22. The average Bonchev–Trinajstić information content (AvgIpc) is 3.14. The number of nitrogens with zero attached hydrogens (tertiary/aromatic N) is 1. The molecule has 2 N–H and O–H groups in total. The van der Waals surface area contributed by atoms with Crippen LogP contribution >= 0.6 is 11.8 Å². The standard InChI is InChI=1S/C22H21N3OS/c1-27-13-12-20(21-23-18-8-4-5-9-19(18)24-21)25-22(26)17-11-10-15-6-2-3-7-16(15)14-17/h2-11,14,20H,12-13H2,1H3,(H,23,24)(H,25,26)/t20-/m0/s1. The third-order valence-corrected chi connectivity index (χ3v) is 5.31. The molecule has 27 heavy (non-hydrogen) atoms. The number of amides is 1. The van der Waals surface area contributed by atoms with Gasteiger partial charge in [0.1, 0.15) is 5.82 Å². The second kappa shape index (κ2) is 7.84. The van der Waals surface area contributed by atoms with Crippen molar-refractivity contribution in [2.24, 2.45) is 0 Å². The maximum Gasteiger partial charge on any atom is 0.251 e. The van der Waals surface area contributed by atoms with Crippen molar-refractivity contribution in [3.63, 3.8) is 0 Å². The molecule has 3 aromatic carbocycles. The number of aromatic amines is 1. The molecule has 0 fully saturated rings. The number of fused-ring (bicyclic) bond motifs is 2. The third kappa shape index (κ3) is 3.83. The topological polar surface area (TPSA) is 57.8 Å². The summed E-state index contributed by atoms with van der Waals surface area (Å²) in [6.07, 6.45) is 2.89. The summed E-state index contributed by atoms with van der Waals surface area (Å²) in [5.41, 5.74) is 2.57. The molecular formula is C22H21N3OS. The van der Waals surface area contributed by atoms with E-state index in [1.54, 1.807) is 11.8 Å². The smallest absolute Gasteiger partial charge is 0.251 e. The number of carbonyl (C=O) groups excluding carboxylic acids is 1. The summed E-state index contributed by atoms with van der Waals surface area (Å²) >= 11 is 1.76. The average molecular weight is 375 g/mol. The van der Waals surface area contributed by atoms with Crippen molar-refractivity contribution in [3.05, 3.63) is 78.1 Å². The molecule has 0 saturated heterocycles. The quantitative estimate of drug-likeness (QED) is 0.502. The van der Waals surface area contributed by atoms with Gasteiger partial charge in [-0.1, -0.05) is 42.5 Å². The Hall–Kier alpha value is -2.79. The van der Waals surface area contributed by atoms with Gasteiger partial charge in [0.25, 0.3) is 5.91 Å². The molecule has 4 nitrogen and oxygen atoms in total. The number of aromatic nitrogens is 2. The Bertz CT molecular complexity index is 1060. The summed E-state index contributed by atoms with van der Waals surface area (Å²) < 4.78 is 0. The lowest BCUT2D eigenvalue weighted by Gasteiger charge is -2.16. The molecular weight excluding hydrogens is 354 g/mol. The molecule has 1 atom stereocenters. The van der Waals surface area contributed by atoms with Gasteiger partial charge in [0.15, 0.2) is 0 Å². The molecule has 0 radical (unpaired) electrons. The number of thioether (sulfide) groups is 1. The summed E-state index contributed by atoms with van der Waals surface area (Å²) in [6, 6.07) is 21.6. The molecule has 0 aliphatic heterocycles. The summed E-state index contributed by atoms with van der Waals surface area (Å²) in [7, 11) is 0. The highest BCUT2D eigenvalue weighted by Gasteiger charge is 2.19. The van der Waals surface area contributed by atoms with E-state index in [2.05, 4.69) is 21.5 Å². The first-order valence-corrected chi connectivity index (χ1v) is 10.4. The second-order valence-corrected chi connectivity index (χ2v) is 7.49. The number of hydrogen-bond acceptors (Lipinski definition) is 3. The number of para-hydroxylation sites is 2. The van der Waals surface area contributed by atoms with E-state index in [0.717, 1.165) is 39.8 Å². The Labute approximate surface area is 162 Å². The molecule has 0 saturated carbocycles. The van der Waals surface area contributed by atoms with Gasteiger partial charge in [0.05, 0.1) is 17.1 Å². The summed E-state index contributed by atoms with van der Waals surface area (Å²) in [6.45, 7) is 0. The Morgan fingerprint density at radius 2 is 1.85 bits per heavy atom. The molecule has 1 aromatic heterocycles. The van der Waals surface area contributed by atoms with Gasteiger partial charge in [0.2, 0.25) is 0 Å². The van der Waals surface area contributed by atoms with Crippen LogP contribution in [0.25, 0.3) is 21.8 Å². The highest BCUT2D eigenvalue weighted by Crippen LogP contribution is 2.21. The van der Waals surface area contributed by atoms with Crippen LogP contribution < -0.4 is 5.32 Å². The predicted octanol–water partition coefficient (Wildman–Crippen LogP) is 4.94. The third-order valence-electron chi connectivity index (χ3n) is 4.67. The van der Waals surface area contributed by atoms with Crippen LogP contribution in [0.15, 0.2) is 66.7 Å². The van der Waals surface area contributed by atoms with Crippen molar-refractivity contribution in [1.82, 2.24) is 15.3 Å². The number of rotatable bonds is 6. The van der Waals surface area contributed by atoms with Crippen LogP contribution in [0.5, 0.6) is 0 Å². The van der Waals surface area contributed by atoms with Crippen LogP contribution in [0.3, 0.4) is 0 Å². The van der Waals surface area contributed by atoms with E-state index in [9.17, 15) is 4.79 Å². The van der Waals surface area contributed by atoms with Gasteiger partial charge < -0.3 is 10.3 Å². The lowest BCUT2D eigenvalue weighted by atomic mass is 10.1. The van der Waals surface area contributed by atoms with Crippen molar-refractivity contribution in [1.29, 1.82) is 0 Å². The first-order chi connectivity index (χ1) is 13.2. The van der Waals surface area contributed by atoms with Crippen molar-refractivity contribution in [3.8, 4) is 0 Å². The Kier molecular flexibility index (Phi) is 5.12. The second-order valence-electron chi connectivity index (χ2n) is 6.51. The zero-order valence-corrected chi connectivity index (χ0v) is 15.9. The molecule has 136 valence electrons. The van der Waals surface area contributed by atoms with E-state index in [1.165, 1.54) is 0 Å². The molecule has 5 heteroatoms. The zero-order valence-electron chi connectivity index (χ0n) is 15.1. The maximum atomic E-state index is 12.9. The predicted molar refractivity (Wildman–Crippen MR) is 113 cm³/mol. The fourth-order valence-corrected chi connectivity index (χ4v) is 3.69. The molecule has 4 rings (SSSR count). The number of carbonyl (C=O) groups is 1. The minimum Gasteiger partial charge on any atom is -0.342 e. The monoisotopic (exact) mass is 375 g/mol. The highest BCUT2D eigenvalue weighted by atomic mass is 32.2. The summed E-state index contributed by atoms with van der Waals surface area (Å²) in [4.78, 5) is 20.9. The van der Waals surface area contributed by atoms with Crippen molar-refractivity contribution < 1.29 is 4.79 Å². The number of benzene rings is 3. The number of H-pyrrole nitrogens is 1. The zero-order chi connectivity index (χ0) is 18.6. The molecule has 0 bridgehead atoms. The van der Waals surface area contributed by atoms with E-state index in [0.29, 0.717) is 5.56 Å². The van der Waals surface area contributed by atoms with Gasteiger partial charge >= 0.3 is 0 Å². The molecule has 4 aromatic rings. The largest absolute Gasteiger partial charge is 0.342 e. The van der Waals surface area contributed by atoms with Crippen LogP contribution in [0.2, 0.25) is 0 Å². The Morgan fingerprint density at radius 1 is 1.07 bits per heavy atom. The Balaban J connectivity index is 1.60. The van der Waals surface area contributed by atoms with Crippen molar-refractivity contribution in [2.75, 3.05) is 12.0 Å².